The molecule has 0 bridgehead atoms. The van der Waals surface area contributed by atoms with E-state index in [1.165, 1.54) is 12.8 Å². The van der Waals surface area contributed by atoms with Gasteiger partial charge in [-0.05, 0) is 31.0 Å². The molecule has 1 aliphatic rings. The molecule has 3 nitrogen and oxygen atoms in total. The molecule has 0 unspecified atom stereocenters. The molecule has 1 fully saturated rings. The molecule has 1 saturated carbocycles. The van der Waals surface area contributed by atoms with Crippen LogP contribution < -0.4 is 10.6 Å². The summed E-state index contributed by atoms with van der Waals surface area (Å²) in [6.07, 6.45) is 2.97. The van der Waals surface area contributed by atoms with E-state index >= 15 is 0 Å². The summed E-state index contributed by atoms with van der Waals surface area (Å²) in [6.45, 7) is 0.771. The van der Waals surface area contributed by atoms with E-state index in [1.807, 2.05) is 18.2 Å². The maximum Gasteiger partial charge on any atom is 0.0640 e. The lowest BCUT2D eigenvalue weighted by Gasteiger charge is -2.25. The quantitative estimate of drug-likeness (QED) is 0.863. The van der Waals surface area contributed by atoms with E-state index in [0.29, 0.717) is 12.5 Å². The van der Waals surface area contributed by atoms with Gasteiger partial charge in [-0.15, -0.1) is 0 Å². The van der Waals surface area contributed by atoms with Gasteiger partial charge in [0, 0.05) is 17.1 Å². The molecule has 84 valence electrons. The Morgan fingerprint density at radius 2 is 2.25 bits per heavy atom. The normalized spacial score (nSPS) is 14.5. The van der Waals surface area contributed by atoms with Crippen LogP contribution in [-0.2, 0) is 0 Å². The highest BCUT2D eigenvalue weighted by molar-refractivity contribution is 9.10. The molecule has 1 aromatic carbocycles. The van der Waals surface area contributed by atoms with Gasteiger partial charge in [0.15, 0.2) is 0 Å². The molecule has 0 heterocycles. The van der Waals surface area contributed by atoms with Crippen LogP contribution in [0, 0.1) is 11.3 Å². The number of nitrogens with zero attached hydrogens (tertiary/aromatic N) is 2. The van der Waals surface area contributed by atoms with E-state index in [0.717, 1.165) is 22.4 Å². The van der Waals surface area contributed by atoms with Crippen LogP contribution in [0.15, 0.2) is 22.7 Å². The van der Waals surface area contributed by atoms with Crippen molar-refractivity contribution in [1.29, 1.82) is 5.26 Å². The topological polar surface area (TPSA) is 53.0 Å². The summed E-state index contributed by atoms with van der Waals surface area (Å²) in [5.41, 5.74) is 7.84. The van der Waals surface area contributed by atoms with Crippen molar-refractivity contribution < 1.29 is 0 Å². The number of nitrogen functional groups attached to an aromatic ring is 1. The fraction of sp³-hybridized carbons (Fsp3) is 0.417. The highest BCUT2D eigenvalue weighted by Crippen LogP contribution is 2.35. The molecule has 1 aliphatic carbocycles. The van der Waals surface area contributed by atoms with Crippen molar-refractivity contribution in [3.63, 3.8) is 0 Å². The highest BCUT2D eigenvalue weighted by atomic mass is 79.9. The van der Waals surface area contributed by atoms with Gasteiger partial charge in [-0.2, -0.15) is 5.26 Å². The third kappa shape index (κ3) is 2.48. The van der Waals surface area contributed by atoms with E-state index in [1.54, 1.807) is 0 Å². The van der Waals surface area contributed by atoms with Crippen LogP contribution >= 0.6 is 15.9 Å². The summed E-state index contributed by atoms with van der Waals surface area (Å²) < 4.78 is 0.991. The molecule has 0 saturated heterocycles. The second-order valence-electron chi connectivity index (χ2n) is 4.04. The Morgan fingerprint density at radius 3 is 2.81 bits per heavy atom. The SMILES string of the molecule is N#CCCN(c1ccc(Br)cc1N)C1CC1. The van der Waals surface area contributed by atoms with Gasteiger partial charge in [-0.25, -0.2) is 0 Å². The van der Waals surface area contributed by atoms with Gasteiger partial charge in [0.1, 0.15) is 0 Å². The van der Waals surface area contributed by atoms with Crippen molar-refractivity contribution in [2.75, 3.05) is 17.2 Å². The summed E-state index contributed by atoms with van der Waals surface area (Å²) in [4.78, 5) is 2.25. The highest BCUT2D eigenvalue weighted by Gasteiger charge is 2.29. The second-order valence-corrected chi connectivity index (χ2v) is 4.95. The average molecular weight is 280 g/mol. The first-order valence-electron chi connectivity index (χ1n) is 5.41. The van der Waals surface area contributed by atoms with Gasteiger partial charge in [-0.1, -0.05) is 15.9 Å². The van der Waals surface area contributed by atoms with Crippen LogP contribution in [0.1, 0.15) is 19.3 Å². The number of hydrogen-bond donors (Lipinski definition) is 1. The van der Waals surface area contributed by atoms with Crippen molar-refractivity contribution in [3.8, 4) is 6.07 Å². The van der Waals surface area contributed by atoms with E-state index in [2.05, 4.69) is 26.9 Å². The van der Waals surface area contributed by atoms with Crippen molar-refractivity contribution >= 4 is 27.3 Å². The average Bonchev–Trinajstić information content (AvgIpc) is 3.05. The summed E-state index contributed by atoms with van der Waals surface area (Å²) in [5.74, 6) is 0. The number of nitrogens with two attached hydrogens (primary N) is 1. The first-order valence-corrected chi connectivity index (χ1v) is 6.20. The van der Waals surface area contributed by atoms with Crippen LogP contribution in [0.25, 0.3) is 0 Å². The van der Waals surface area contributed by atoms with E-state index in [9.17, 15) is 0 Å². The lowest BCUT2D eigenvalue weighted by Crippen LogP contribution is -2.27. The lowest BCUT2D eigenvalue weighted by molar-refractivity contribution is 0.794. The minimum absolute atomic E-state index is 0.548. The maximum absolute atomic E-state index is 8.66. The Labute approximate surface area is 104 Å². The molecular formula is C12H14BrN3. The number of halogens is 1. The minimum Gasteiger partial charge on any atom is -0.397 e. The zero-order valence-corrected chi connectivity index (χ0v) is 10.6. The van der Waals surface area contributed by atoms with E-state index in [4.69, 9.17) is 11.0 Å². The van der Waals surface area contributed by atoms with Gasteiger partial charge < -0.3 is 10.6 Å². The third-order valence-electron chi connectivity index (χ3n) is 2.75. The summed E-state index contributed by atoms with van der Waals surface area (Å²) >= 11 is 3.40. The van der Waals surface area contributed by atoms with Crippen LogP contribution in [0.3, 0.4) is 0 Å². The lowest BCUT2D eigenvalue weighted by atomic mass is 10.2. The van der Waals surface area contributed by atoms with Gasteiger partial charge in [0.05, 0.1) is 23.9 Å². The zero-order valence-electron chi connectivity index (χ0n) is 8.99. The summed E-state index contributed by atoms with van der Waals surface area (Å²) in [5, 5.41) is 8.66. The smallest absolute Gasteiger partial charge is 0.0640 e. The molecule has 0 radical (unpaired) electrons. The van der Waals surface area contributed by atoms with Crippen molar-refractivity contribution in [2.45, 2.75) is 25.3 Å². The van der Waals surface area contributed by atoms with Crippen LogP contribution in [0.5, 0.6) is 0 Å². The Morgan fingerprint density at radius 1 is 1.50 bits per heavy atom. The Balaban J connectivity index is 2.21. The molecule has 0 amide bonds. The first-order chi connectivity index (χ1) is 7.72. The van der Waals surface area contributed by atoms with Gasteiger partial charge in [-0.3, -0.25) is 0 Å². The first kappa shape index (κ1) is 11.3. The van der Waals surface area contributed by atoms with Gasteiger partial charge in [0.2, 0.25) is 0 Å². The molecule has 4 heteroatoms. The van der Waals surface area contributed by atoms with Crippen molar-refractivity contribution in [2.24, 2.45) is 0 Å². The Hall–Kier alpha value is -1.21. The largest absolute Gasteiger partial charge is 0.397 e. The van der Waals surface area contributed by atoms with Gasteiger partial charge >= 0.3 is 0 Å². The Kier molecular flexibility index (Phi) is 3.35. The summed E-state index contributed by atoms with van der Waals surface area (Å²) in [7, 11) is 0. The molecule has 2 rings (SSSR count). The fourth-order valence-electron chi connectivity index (χ4n) is 1.84. The van der Waals surface area contributed by atoms with Crippen molar-refractivity contribution in [3.05, 3.63) is 22.7 Å². The third-order valence-corrected chi connectivity index (χ3v) is 3.24. The Bertz CT molecular complexity index is 421. The maximum atomic E-state index is 8.66. The fourth-order valence-corrected chi connectivity index (χ4v) is 2.22. The zero-order chi connectivity index (χ0) is 11.5. The van der Waals surface area contributed by atoms with E-state index < -0.39 is 0 Å². The minimum atomic E-state index is 0.548. The molecule has 0 aliphatic heterocycles. The van der Waals surface area contributed by atoms with Crippen molar-refractivity contribution in [1.82, 2.24) is 0 Å². The van der Waals surface area contributed by atoms with Crippen LogP contribution in [0.4, 0.5) is 11.4 Å². The van der Waals surface area contributed by atoms with Gasteiger partial charge in [0.25, 0.3) is 0 Å². The molecule has 0 spiro atoms. The predicted molar refractivity (Wildman–Crippen MR) is 69.2 cm³/mol. The molecule has 16 heavy (non-hydrogen) atoms. The number of rotatable bonds is 4. The molecule has 2 N–H and O–H groups in total. The number of benzene rings is 1. The van der Waals surface area contributed by atoms with Crippen LogP contribution in [0.2, 0.25) is 0 Å². The predicted octanol–water partition coefficient (Wildman–Crippen LogP) is 2.91. The standard InChI is InChI=1S/C12H14BrN3/c13-9-2-5-12(11(15)8-9)16(7-1-6-14)10-3-4-10/h2,5,8,10H,1,3-4,7,15H2. The molecular weight excluding hydrogens is 266 g/mol. The monoisotopic (exact) mass is 279 g/mol. The number of nitriles is 1. The molecule has 0 atom stereocenters. The second kappa shape index (κ2) is 4.75. The number of anilines is 2. The molecule has 1 aromatic rings. The molecule has 0 aromatic heterocycles. The van der Waals surface area contributed by atoms with Crippen LogP contribution in [-0.4, -0.2) is 12.6 Å². The number of hydrogen-bond acceptors (Lipinski definition) is 3. The summed E-state index contributed by atoms with van der Waals surface area (Å²) in [6, 6.07) is 8.70. The van der Waals surface area contributed by atoms with E-state index in [-0.39, 0.29) is 0 Å².